The Morgan fingerprint density at radius 3 is 2.09 bits per heavy atom. The number of methoxy groups -OCH3 is 3. The number of esters is 1. The lowest BCUT2D eigenvalue weighted by Gasteiger charge is -2.17. The van der Waals surface area contributed by atoms with Crippen LogP contribution in [0, 0.1) is 0 Å². The number of carbonyl (C=O) groups is 1. The van der Waals surface area contributed by atoms with Crippen LogP contribution in [0.5, 0.6) is 11.5 Å². The first-order valence-corrected chi connectivity index (χ1v) is 7.24. The first kappa shape index (κ1) is 16.8. The third kappa shape index (κ3) is 3.81. The minimum Gasteiger partial charge on any atom is -0.496 e. The molecule has 0 saturated carbocycles. The molecule has 0 aromatic heterocycles. The van der Waals surface area contributed by atoms with Gasteiger partial charge in [0.2, 0.25) is 0 Å². The van der Waals surface area contributed by atoms with Crippen molar-refractivity contribution in [2.75, 3.05) is 21.3 Å². The SMILES string of the molecule is COC(=O)[C@@H](N)Cc1cc(OC)c(-c2ccccc2)c(OC)c1. The quantitative estimate of drug-likeness (QED) is 0.829. The van der Waals surface area contributed by atoms with Gasteiger partial charge < -0.3 is 19.9 Å². The molecule has 122 valence electrons. The molecule has 0 aliphatic carbocycles. The molecule has 0 heterocycles. The van der Waals surface area contributed by atoms with E-state index in [4.69, 9.17) is 15.2 Å². The van der Waals surface area contributed by atoms with Crippen LogP contribution in [0.1, 0.15) is 5.56 Å². The van der Waals surface area contributed by atoms with Crippen LogP contribution in [0.2, 0.25) is 0 Å². The highest BCUT2D eigenvalue weighted by molar-refractivity contribution is 5.78. The van der Waals surface area contributed by atoms with E-state index in [9.17, 15) is 4.79 Å². The number of benzene rings is 2. The van der Waals surface area contributed by atoms with Crippen molar-refractivity contribution in [3.63, 3.8) is 0 Å². The summed E-state index contributed by atoms with van der Waals surface area (Å²) >= 11 is 0. The lowest BCUT2D eigenvalue weighted by Crippen LogP contribution is -2.33. The van der Waals surface area contributed by atoms with E-state index >= 15 is 0 Å². The largest absolute Gasteiger partial charge is 0.496 e. The van der Waals surface area contributed by atoms with Gasteiger partial charge in [-0.1, -0.05) is 30.3 Å². The van der Waals surface area contributed by atoms with Gasteiger partial charge in [0.1, 0.15) is 17.5 Å². The first-order valence-electron chi connectivity index (χ1n) is 7.24. The van der Waals surface area contributed by atoms with Crippen LogP contribution in [0.25, 0.3) is 11.1 Å². The summed E-state index contributed by atoms with van der Waals surface area (Å²) in [5.41, 5.74) is 8.54. The van der Waals surface area contributed by atoms with Crippen molar-refractivity contribution in [2.45, 2.75) is 12.5 Å². The van der Waals surface area contributed by atoms with Gasteiger partial charge in [0.15, 0.2) is 0 Å². The van der Waals surface area contributed by atoms with Gasteiger partial charge >= 0.3 is 5.97 Å². The molecule has 5 heteroatoms. The zero-order chi connectivity index (χ0) is 16.8. The van der Waals surface area contributed by atoms with E-state index in [1.165, 1.54) is 7.11 Å². The Hall–Kier alpha value is -2.53. The van der Waals surface area contributed by atoms with Gasteiger partial charge in [-0.3, -0.25) is 4.79 Å². The summed E-state index contributed by atoms with van der Waals surface area (Å²) in [6.07, 6.45) is 0.342. The minimum absolute atomic E-state index is 0.342. The molecule has 0 radical (unpaired) electrons. The molecule has 23 heavy (non-hydrogen) atoms. The molecule has 5 nitrogen and oxygen atoms in total. The fourth-order valence-electron chi connectivity index (χ4n) is 2.46. The Labute approximate surface area is 136 Å². The van der Waals surface area contributed by atoms with Gasteiger partial charge in [-0.2, -0.15) is 0 Å². The van der Waals surface area contributed by atoms with Gasteiger partial charge in [-0.05, 0) is 29.7 Å². The highest BCUT2D eigenvalue weighted by atomic mass is 16.5. The summed E-state index contributed by atoms with van der Waals surface area (Å²) < 4.78 is 15.7. The molecule has 0 aliphatic rings. The highest BCUT2D eigenvalue weighted by Gasteiger charge is 2.19. The summed E-state index contributed by atoms with van der Waals surface area (Å²) in [5.74, 6) is 0.889. The van der Waals surface area contributed by atoms with E-state index in [-0.39, 0.29) is 0 Å². The van der Waals surface area contributed by atoms with Crippen LogP contribution in [-0.2, 0) is 16.0 Å². The topological polar surface area (TPSA) is 70.8 Å². The molecule has 0 bridgehead atoms. The van der Waals surface area contributed by atoms with Crippen molar-refractivity contribution < 1.29 is 19.0 Å². The van der Waals surface area contributed by atoms with E-state index in [1.807, 2.05) is 42.5 Å². The van der Waals surface area contributed by atoms with Gasteiger partial charge in [-0.25, -0.2) is 0 Å². The lowest BCUT2D eigenvalue weighted by atomic mass is 9.98. The molecule has 2 aromatic rings. The summed E-state index contributed by atoms with van der Waals surface area (Å²) in [5, 5.41) is 0. The van der Waals surface area contributed by atoms with Gasteiger partial charge in [0.05, 0.1) is 26.9 Å². The summed E-state index contributed by atoms with van der Waals surface area (Å²) in [6, 6.07) is 12.8. The molecule has 0 saturated heterocycles. The first-order chi connectivity index (χ1) is 11.1. The van der Waals surface area contributed by atoms with Crippen LogP contribution in [0.3, 0.4) is 0 Å². The summed E-state index contributed by atoms with van der Waals surface area (Å²) in [4.78, 5) is 11.5. The van der Waals surface area contributed by atoms with E-state index in [1.54, 1.807) is 14.2 Å². The van der Waals surface area contributed by atoms with Gasteiger partial charge in [0, 0.05) is 0 Å². The predicted molar refractivity (Wildman–Crippen MR) is 88.7 cm³/mol. The van der Waals surface area contributed by atoms with Crippen molar-refractivity contribution >= 4 is 5.97 Å². The molecular formula is C18H21NO4. The Balaban J connectivity index is 2.44. The van der Waals surface area contributed by atoms with Crippen LogP contribution < -0.4 is 15.2 Å². The van der Waals surface area contributed by atoms with Crippen LogP contribution >= 0.6 is 0 Å². The van der Waals surface area contributed by atoms with E-state index in [0.29, 0.717) is 17.9 Å². The fourth-order valence-corrected chi connectivity index (χ4v) is 2.46. The number of nitrogens with two attached hydrogens (primary N) is 1. The van der Waals surface area contributed by atoms with Crippen molar-refractivity contribution in [3.05, 3.63) is 48.0 Å². The minimum atomic E-state index is -0.725. The number of rotatable bonds is 6. The second-order valence-electron chi connectivity index (χ2n) is 5.08. The standard InChI is InChI=1S/C18H21NO4/c1-21-15-10-12(9-14(19)18(20)23-3)11-16(22-2)17(15)13-7-5-4-6-8-13/h4-8,10-11,14H,9,19H2,1-3H3/t14-/m0/s1. The Kier molecular flexibility index (Phi) is 5.60. The summed E-state index contributed by atoms with van der Waals surface area (Å²) in [7, 11) is 4.53. The maximum Gasteiger partial charge on any atom is 0.322 e. The van der Waals surface area contributed by atoms with E-state index in [0.717, 1.165) is 16.7 Å². The molecule has 0 unspecified atom stereocenters. The van der Waals surface area contributed by atoms with Crippen molar-refractivity contribution in [1.82, 2.24) is 0 Å². The van der Waals surface area contributed by atoms with Crippen molar-refractivity contribution in [2.24, 2.45) is 5.73 Å². The maximum atomic E-state index is 11.5. The van der Waals surface area contributed by atoms with Gasteiger partial charge in [-0.15, -0.1) is 0 Å². The third-order valence-corrected chi connectivity index (χ3v) is 3.59. The third-order valence-electron chi connectivity index (χ3n) is 3.59. The molecule has 1 atom stereocenters. The fraction of sp³-hybridized carbons (Fsp3) is 0.278. The Morgan fingerprint density at radius 1 is 1.04 bits per heavy atom. The zero-order valence-corrected chi connectivity index (χ0v) is 13.5. The summed E-state index contributed by atoms with van der Waals surface area (Å²) in [6.45, 7) is 0. The maximum absolute atomic E-state index is 11.5. The second kappa shape index (κ2) is 7.65. The molecule has 0 amide bonds. The average Bonchev–Trinajstić information content (AvgIpc) is 2.60. The second-order valence-corrected chi connectivity index (χ2v) is 5.08. The van der Waals surface area contributed by atoms with Crippen LogP contribution in [0.4, 0.5) is 0 Å². The molecule has 2 N–H and O–H groups in total. The normalized spacial score (nSPS) is 11.7. The molecular weight excluding hydrogens is 294 g/mol. The molecule has 0 aliphatic heterocycles. The van der Waals surface area contributed by atoms with Crippen LogP contribution in [0.15, 0.2) is 42.5 Å². The Bertz CT molecular complexity index is 645. The molecule has 2 rings (SSSR count). The number of hydrogen-bond donors (Lipinski definition) is 1. The van der Waals surface area contributed by atoms with E-state index in [2.05, 4.69) is 4.74 Å². The zero-order valence-electron chi connectivity index (χ0n) is 13.5. The van der Waals surface area contributed by atoms with E-state index < -0.39 is 12.0 Å². The number of ether oxygens (including phenoxy) is 3. The predicted octanol–water partition coefficient (Wildman–Crippen LogP) is 2.41. The number of hydrogen-bond acceptors (Lipinski definition) is 5. The molecule has 0 fully saturated rings. The average molecular weight is 315 g/mol. The monoisotopic (exact) mass is 315 g/mol. The smallest absolute Gasteiger partial charge is 0.322 e. The lowest BCUT2D eigenvalue weighted by molar-refractivity contribution is -0.142. The van der Waals surface area contributed by atoms with Gasteiger partial charge in [0.25, 0.3) is 0 Å². The Morgan fingerprint density at radius 2 is 1.61 bits per heavy atom. The van der Waals surface area contributed by atoms with Crippen LogP contribution in [-0.4, -0.2) is 33.3 Å². The molecule has 0 spiro atoms. The molecule has 2 aromatic carbocycles. The highest BCUT2D eigenvalue weighted by Crippen LogP contribution is 2.39. The van der Waals surface area contributed by atoms with Crippen molar-refractivity contribution in [1.29, 1.82) is 0 Å². The number of carbonyl (C=O) groups excluding carboxylic acids is 1. The van der Waals surface area contributed by atoms with Crippen molar-refractivity contribution in [3.8, 4) is 22.6 Å².